The van der Waals surface area contributed by atoms with E-state index in [-0.39, 0.29) is 0 Å². The van der Waals surface area contributed by atoms with Crippen LogP contribution in [-0.2, 0) is 0 Å². The lowest BCUT2D eigenvalue weighted by Crippen LogP contribution is -2.69. The summed E-state index contributed by atoms with van der Waals surface area (Å²) in [7, 11) is 0. The highest BCUT2D eigenvalue weighted by atomic mass is 35.5. The SMILES string of the molecule is ClC12CC3CC4C5CC(CC41)CC2C5C3. The van der Waals surface area contributed by atoms with Gasteiger partial charge in [-0.1, -0.05) is 0 Å². The molecule has 0 aromatic heterocycles. The molecule has 7 fully saturated rings. The van der Waals surface area contributed by atoms with Crippen molar-refractivity contribution >= 4 is 11.6 Å². The average Bonchev–Trinajstić information content (AvgIpc) is 2.24. The van der Waals surface area contributed by atoms with Gasteiger partial charge in [0.25, 0.3) is 0 Å². The Hall–Kier alpha value is 0.290. The van der Waals surface area contributed by atoms with Crippen LogP contribution in [0.4, 0.5) is 0 Å². The summed E-state index contributed by atoms with van der Waals surface area (Å²) in [6.07, 6.45) is 9.08. The van der Waals surface area contributed by atoms with Crippen LogP contribution in [0.1, 0.15) is 38.5 Å². The molecule has 4 unspecified atom stereocenters. The molecule has 7 aliphatic carbocycles. The van der Waals surface area contributed by atoms with Crippen LogP contribution >= 0.6 is 11.6 Å². The molecule has 4 atom stereocenters. The maximum atomic E-state index is 7.08. The van der Waals surface area contributed by atoms with Crippen LogP contribution in [-0.4, -0.2) is 4.87 Å². The zero-order chi connectivity index (χ0) is 9.78. The van der Waals surface area contributed by atoms with Gasteiger partial charge in [-0.3, -0.25) is 0 Å². The van der Waals surface area contributed by atoms with Gasteiger partial charge in [-0.25, -0.2) is 0 Å². The largest absolute Gasteiger partial charge is 0.119 e. The van der Waals surface area contributed by atoms with Crippen LogP contribution in [0.5, 0.6) is 0 Å². The monoisotopic (exact) mass is 222 g/mol. The van der Waals surface area contributed by atoms with Crippen molar-refractivity contribution in [1.29, 1.82) is 0 Å². The Kier molecular flexibility index (Phi) is 1.27. The number of halogens is 1. The van der Waals surface area contributed by atoms with E-state index >= 15 is 0 Å². The Morgan fingerprint density at radius 1 is 0.733 bits per heavy atom. The van der Waals surface area contributed by atoms with Crippen molar-refractivity contribution in [2.24, 2.45) is 41.4 Å². The van der Waals surface area contributed by atoms with E-state index in [2.05, 4.69) is 0 Å². The van der Waals surface area contributed by atoms with Gasteiger partial charge >= 0.3 is 0 Å². The van der Waals surface area contributed by atoms with E-state index in [9.17, 15) is 0 Å². The van der Waals surface area contributed by atoms with Crippen LogP contribution in [0.2, 0.25) is 0 Å². The molecule has 15 heavy (non-hydrogen) atoms. The highest BCUT2D eigenvalue weighted by Crippen LogP contribution is 2.74. The molecule has 0 aromatic rings. The molecule has 0 N–H and O–H groups in total. The smallest absolute Gasteiger partial charge is 0.0511 e. The minimum atomic E-state index is 0.296. The Bertz CT molecular complexity index is 312. The van der Waals surface area contributed by atoms with Gasteiger partial charge in [0.1, 0.15) is 0 Å². The first-order valence-corrected chi connectivity index (χ1v) is 7.32. The van der Waals surface area contributed by atoms with Crippen LogP contribution in [0.15, 0.2) is 0 Å². The van der Waals surface area contributed by atoms with E-state index in [1.807, 2.05) is 0 Å². The van der Waals surface area contributed by atoms with Gasteiger partial charge in [-0.15, -0.1) is 11.6 Å². The van der Waals surface area contributed by atoms with Gasteiger partial charge in [0.2, 0.25) is 0 Å². The predicted molar refractivity (Wildman–Crippen MR) is 60.7 cm³/mol. The van der Waals surface area contributed by atoms with E-state index in [1.54, 1.807) is 19.3 Å². The lowest BCUT2D eigenvalue weighted by molar-refractivity contribution is -0.189. The summed E-state index contributed by atoms with van der Waals surface area (Å²) in [4.78, 5) is 0.296. The Balaban J connectivity index is 1.73. The molecule has 1 heteroatoms. The van der Waals surface area contributed by atoms with Gasteiger partial charge in [0.15, 0.2) is 0 Å². The molecule has 0 nitrogen and oxygen atoms in total. The van der Waals surface area contributed by atoms with Crippen LogP contribution in [0.25, 0.3) is 0 Å². The number of alkyl halides is 1. The first-order chi connectivity index (χ1) is 7.25. The van der Waals surface area contributed by atoms with E-state index in [4.69, 9.17) is 11.6 Å². The number of rotatable bonds is 0. The van der Waals surface area contributed by atoms with E-state index in [1.165, 1.54) is 19.3 Å². The normalized spacial score (nSPS) is 73.0. The number of hydrogen-bond acceptors (Lipinski definition) is 0. The summed E-state index contributed by atoms with van der Waals surface area (Å²) in [6, 6.07) is 0. The van der Waals surface area contributed by atoms with Gasteiger partial charge in [0, 0.05) is 0 Å². The summed E-state index contributed by atoms with van der Waals surface area (Å²) in [6.45, 7) is 0. The molecule has 0 radical (unpaired) electrons. The van der Waals surface area contributed by atoms with Gasteiger partial charge in [0.05, 0.1) is 4.87 Å². The fourth-order valence-electron chi connectivity index (χ4n) is 6.84. The Morgan fingerprint density at radius 2 is 1.33 bits per heavy atom. The zero-order valence-electron chi connectivity index (χ0n) is 9.16. The quantitative estimate of drug-likeness (QED) is 0.549. The van der Waals surface area contributed by atoms with Gasteiger partial charge in [-0.05, 0) is 80.0 Å². The topological polar surface area (TPSA) is 0 Å². The third-order valence-corrected chi connectivity index (χ3v) is 7.67. The van der Waals surface area contributed by atoms with Crippen molar-refractivity contribution in [2.45, 2.75) is 43.4 Å². The summed E-state index contributed by atoms with van der Waals surface area (Å²) < 4.78 is 0. The van der Waals surface area contributed by atoms with Crippen LogP contribution < -0.4 is 0 Å². The first-order valence-electron chi connectivity index (χ1n) is 6.94. The molecule has 0 aromatic carbocycles. The second-order valence-electron chi connectivity index (χ2n) is 7.25. The lowest BCUT2D eigenvalue weighted by atomic mass is 9.35. The maximum Gasteiger partial charge on any atom is 0.0511 e. The standard InChI is InChI=1S/C14H19Cl/c15-14-6-8-2-10-9-1-7(4-12(10)14)5-13(14)11(9)3-8/h7-13H,1-6H2. The summed E-state index contributed by atoms with van der Waals surface area (Å²) in [5.74, 6) is 7.23. The average molecular weight is 223 g/mol. The van der Waals surface area contributed by atoms with Gasteiger partial charge < -0.3 is 0 Å². The van der Waals surface area contributed by atoms with Crippen LogP contribution in [0, 0.1) is 41.4 Å². The second kappa shape index (κ2) is 2.28. The minimum Gasteiger partial charge on any atom is -0.119 e. The molecule has 0 aliphatic heterocycles. The van der Waals surface area contributed by atoms with Gasteiger partial charge in [-0.2, -0.15) is 0 Å². The third kappa shape index (κ3) is 0.760. The van der Waals surface area contributed by atoms with Crippen molar-refractivity contribution in [3.05, 3.63) is 0 Å². The molecule has 7 aliphatic rings. The predicted octanol–water partition coefficient (Wildman–Crippen LogP) is 3.69. The zero-order valence-corrected chi connectivity index (χ0v) is 9.92. The van der Waals surface area contributed by atoms with Crippen molar-refractivity contribution in [3.8, 4) is 0 Å². The molecular weight excluding hydrogens is 204 g/mol. The molecule has 0 saturated heterocycles. The van der Waals surface area contributed by atoms with Crippen molar-refractivity contribution in [3.63, 3.8) is 0 Å². The van der Waals surface area contributed by atoms with E-state index in [0.29, 0.717) is 4.87 Å². The summed E-state index contributed by atoms with van der Waals surface area (Å²) in [5.41, 5.74) is 0. The van der Waals surface area contributed by atoms with Crippen LogP contribution in [0.3, 0.4) is 0 Å². The molecule has 7 rings (SSSR count). The minimum absolute atomic E-state index is 0.296. The fourth-order valence-corrected chi connectivity index (χ4v) is 7.56. The maximum absolute atomic E-state index is 7.08. The summed E-state index contributed by atoms with van der Waals surface area (Å²) >= 11 is 7.08. The first kappa shape index (κ1) is 8.39. The van der Waals surface area contributed by atoms with Crippen molar-refractivity contribution in [1.82, 2.24) is 0 Å². The molecule has 82 valence electrons. The molecular formula is C14H19Cl. The Labute approximate surface area is 96.8 Å². The molecule has 0 spiro atoms. The molecule has 0 heterocycles. The fraction of sp³-hybridized carbons (Fsp3) is 1.00. The molecule has 0 amide bonds. The highest BCUT2D eigenvalue weighted by molar-refractivity contribution is 6.24. The van der Waals surface area contributed by atoms with E-state index in [0.717, 1.165) is 41.4 Å². The highest BCUT2D eigenvalue weighted by Gasteiger charge is 2.69. The van der Waals surface area contributed by atoms with Crippen molar-refractivity contribution in [2.75, 3.05) is 0 Å². The second-order valence-corrected chi connectivity index (χ2v) is 7.95. The molecule has 7 saturated carbocycles. The van der Waals surface area contributed by atoms with E-state index < -0.39 is 0 Å². The Morgan fingerprint density at radius 3 is 2.00 bits per heavy atom. The number of hydrogen-bond donors (Lipinski definition) is 0. The molecule has 8 bridgehead atoms. The summed E-state index contributed by atoms with van der Waals surface area (Å²) in [5, 5.41) is 0. The lowest BCUT2D eigenvalue weighted by Gasteiger charge is -2.72. The third-order valence-electron chi connectivity index (χ3n) is 6.96. The van der Waals surface area contributed by atoms with Crippen molar-refractivity contribution < 1.29 is 0 Å².